The van der Waals surface area contributed by atoms with E-state index >= 15 is 0 Å². The van der Waals surface area contributed by atoms with Gasteiger partial charge in [-0.3, -0.25) is 4.90 Å². The quantitative estimate of drug-likeness (QED) is 0.843. The fourth-order valence-corrected chi connectivity index (χ4v) is 3.42. The summed E-state index contributed by atoms with van der Waals surface area (Å²) in [5.74, 6) is 0. The molecule has 2 heterocycles. The second-order valence-electron chi connectivity index (χ2n) is 4.63. The van der Waals surface area contributed by atoms with Crippen molar-refractivity contribution in [2.24, 2.45) is 0 Å². The molecule has 0 spiro atoms. The number of likely N-dealkylation sites (N-methyl/N-ethyl adjacent to an activating group) is 1. The normalized spacial score (nSPS) is 15.6. The third-order valence-corrected chi connectivity index (χ3v) is 4.55. The molecule has 1 aromatic heterocycles. The summed E-state index contributed by atoms with van der Waals surface area (Å²) >= 11 is 1.82. The number of rotatable bonds is 2. The molecule has 0 aliphatic carbocycles. The van der Waals surface area contributed by atoms with Crippen molar-refractivity contribution < 1.29 is 0 Å². The second-order valence-corrected chi connectivity index (χ2v) is 5.71. The van der Waals surface area contributed by atoms with Gasteiger partial charge in [-0.05, 0) is 30.8 Å². The lowest BCUT2D eigenvalue weighted by Crippen LogP contribution is -2.29. The summed E-state index contributed by atoms with van der Waals surface area (Å²) in [5.41, 5.74) is 8.98. The number of nitrogens with two attached hydrogens (primary N) is 1. The van der Waals surface area contributed by atoms with Crippen molar-refractivity contribution in [3.63, 3.8) is 0 Å². The van der Waals surface area contributed by atoms with Crippen LogP contribution in [0.1, 0.15) is 17.5 Å². The third kappa shape index (κ3) is 2.13. The fraction of sp³-hybridized carbons (Fsp3) is 0.357. The molecule has 0 bridgehead atoms. The van der Waals surface area contributed by atoms with Gasteiger partial charge >= 0.3 is 0 Å². The molecule has 0 saturated carbocycles. The number of anilines is 1. The molecule has 0 radical (unpaired) electrons. The molecule has 94 valence electrons. The molecule has 0 unspecified atom stereocenters. The maximum Gasteiger partial charge on any atom is 0.123 e. The van der Waals surface area contributed by atoms with Crippen molar-refractivity contribution in [1.29, 1.82) is 0 Å². The summed E-state index contributed by atoms with van der Waals surface area (Å²) in [5, 5.41) is 1.12. The summed E-state index contributed by atoms with van der Waals surface area (Å²) in [6.45, 7) is 5.52. The predicted molar refractivity (Wildman–Crippen MR) is 76.6 cm³/mol. The van der Waals surface area contributed by atoms with Gasteiger partial charge in [0.15, 0.2) is 0 Å². The standard InChI is InChI=1S/C14H17N3S/c1-2-17-8-7-12-13(9-17)18-14(16-12)10-3-5-11(15)6-4-10/h3-6H,2,7-9,15H2,1H3. The summed E-state index contributed by atoms with van der Waals surface area (Å²) in [7, 11) is 0. The Kier molecular flexibility index (Phi) is 3.06. The molecule has 1 aliphatic rings. The van der Waals surface area contributed by atoms with Crippen molar-refractivity contribution in [3.8, 4) is 10.6 Å². The highest BCUT2D eigenvalue weighted by Gasteiger charge is 2.19. The minimum atomic E-state index is 0.803. The molecule has 0 amide bonds. The van der Waals surface area contributed by atoms with Crippen LogP contribution in [0.5, 0.6) is 0 Å². The van der Waals surface area contributed by atoms with Crippen LogP contribution in [0.15, 0.2) is 24.3 Å². The Morgan fingerprint density at radius 2 is 2.11 bits per heavy atom. The van der Waals surface area contributed by atoms with E-state index in [1.807, 2.05) is 23.5 Å². The zero-order valence-electron chi connectivity index (χ0n) is 10.5. The zero-order chi connectivity index (χ0) is 12.5. The van der Waals surface area contributed by atoms with E-state index in [-0.39, 0.29) is 0 Å². The van der Waals surface area contributed by atoms with Crippen LogP contribution in [0, 0.1) is 0 Å². The van der Waals surface area contributed by atoms with Crippen LogP contribution < -0.4 is 5.73 Å². The van der Waals surface area contributed by atoms with Crippen LogP contribution in [-0.2, 0) is 13.0 Å². The molecule has 0 fully saturated rings. The molecular formula is C14H17N3S. The van der Waals surface area contributed by atoms with Gasteiger partial charge in [0.1, 0.15) is 5.01 Å². The van der Waals surface area contributed by atoms with E-state index in [0.717, 1.165) is 36.8 Å². The first-order valence-corrected chi connectivity index (χ1v) is 7.14. The highest BCUT2D eigenvalue weighted by molar-refractivity contribution is 7.15. The first-order chi connectivity index (χ1) is 8.76. The van der Waals surface area contributed by atoms with Crippen LogP contribution in [-0.4, -0.2) is 23.0 Å². The first-order valence-electron chi connectivity index (χ1n) is 6.33. The van der Waals surface area contributed by atoms with Crippen LogP contribution in [0.2, 0.25) is 0 Å². The fourth-order valence-electron chi connectivity index (χ4n) is 2.27. The van der Waals surface area contributed by atoms with Crippen molar-refractivity contribution >= 4 is 17.0 Å². The van der Waals surface area contributed by atoms with E-state index in [4.69, 9.17) is 10.7 Å². The number of nitrogens with zero attached hydrogens (tertiary/aromatic N) is 2. The van der Waals surface area contributed by atoms with Gasteiger partial charge in [0, 0.05) is 35.6 Å². The molecular weight excluding hydrogens is 242 g/mol. The highest BCUT2D eigenvalue weighted by Crippen LogP contribution is 2.31. The van der Waals surface area contributed by atoms with E-state index in [9.17, 15) is 0 Å². The van der Waals surface area contributed by atoms with Gasteiger partial charge in [0.2, 0.25) is 0 Å². The molecule has 1 aromatic carbocycles. The van der Waals surface area contributed by atoms with E-state index < -0.39 is 0 Å². The van der Waals surface area contributed by atoms with Crippen molar-refractivity contribution in [3.05, 3.63) is 34.8 Å². The van der Waals surface area contributed by atoms with Gasteiger partial charge in [-0.15, -0.1) is 11.3 Å². The van der Waals surface area contributed by atoms with Crippen molar-refractivity contribution in [2.45, 2.75) is 19.9 Å². The average Bonchev–Trinajstić information content (AvgIpc) is 2.82. The molecule has 2 aromatic rings. The number of benzene rings is 1. The molecule has 0 saturated heterocycles. The topological polar surface area (TPSA) is 42.2 Å². The molecule has 3 rings (SSSR count). The molecule has 0 atom stereocenters. The van der Waals surface area contributed by atoms with Crippen LogP contribution in [0.25, 0.3) is 10.6 Å². The van der Waals surface area contributed by atoms with Crippen molar-refractivity contribution in [2.75, 3.05) is 18.8 Å². The Morgan fingerprint density at radius 3 is 2.83 bits per heavy atom. The Morgan fingerprint density at radius 1 is 1.33 bits per heavy atom. The predicted octanol–water partition coefficient (Wildman–Crippen LogP) is 2.77. The molecule has 2 N–H and O–H groups in total. The minimum Gasteiger partial charge on any atom is -0.399 e. The number of hydrogen-bond acceptors (Lipinski definition) is 4. The molecule has 1 aliphatic heterocycles. The molecule has 3 nitrogen and oxygen atoms in total. The number of hydrogen-bond donors (Lipinski definition) is 1. The SMILES string of the molecule is CCN1CCc2nc(-c3ccc(N)cc3)sc2C1. The lowest BCUT2D eigenvalue weighted by molar-refractivity contribution is 0.270. The van der Waals surface area contributed by atoms with Gasteiger partial charge in [0.25, 0.3) is 0 Å². The van der Waals surface area contributed by atoms with Crippen LogP contribution >= 0.6 is 11.3 Å². The molecule has 4 heteroatoms. The third-order valence-electron chi connectivity index (χ3n) is 3.42. The van der Waals surface area contributed by atoms with Gasteiger partial charge < -0.3 is 5.73 Å². The average molecular weight is 259 g/mol. The number of aromatic nitrogens is 1. The Bertz CT molecular complexity index is 545. The van der Waals surface area contributed by atoms with E-state index in [0.29, 0.717) is 0 Å². The smallest absolute Gasteiger partial charge is 0.123 e. The maximum atomic E-state index is 5.71. The van der Waals surface area contributed by atoms with Crippen molar-refractivity contribution in [1.82, 2.24) is 9.88 Å². The number of thiazole rings is 1. The maximum absolute atomic E-state index is 5.71. The second kappa shape index (κ2) is 4.71. The van der Waals surface area contributed by atoms with E-state index in [1.54, 1.807) is 0 Å². The van der Waals surface area contributed by atoms with Crippen LogP contribution in [0.3, 0.4) is 0 Å². The van der Waals surface area contributed by atoms with E-state index in [1.165, 1.54) is 16.1 Å². The van der Waals surface area contributed by atoms with Gasteiger partial charge in [-0.1, -0.05) is 6.92 Å². The van der Waals surface area contributed by atoms with Crippen LogP contribution in [0.4, 0.5) is 5.69 Å². The molecule has 18 heavy (non-hydrogen) atoms. The number of nitrogen functional groups attached to an aromatic ring is 1. The monoisotopic (exact) mass is 259 g/mol. The lowest BCUT2D eigenvalue weighted by atomic mass is 10.2. The summed E-state index contributed by atoms with van der Waals surface area (Å²) < 4.78 is 0. The minimum absolute atomic E-state index is 0.803. The van der Waals surface area contributed by atoms with Gasteiger partial charge in [-0.25, -0.2) is 4.98 Å². The Hall–Kier alpha value is -1.39. The lowest BCUT2D eigenvalue weighted by Gasteiger charge is -2.23. The highest BCUT2D eigenvalue weighted by atomic mass is 32.1. The van der Waals surface area contributed by atoms with Gasteiger partial charge in [0.05, 0.1) is 5.69 Å². The first kappa shape index (κ1) is 11.7. The van der Waals surface area contributed by atoms with Gasteiger partial charge in [-0.2, -0.15) is 0 Å². The Labute approximate surface area is 111 Å². The largest absolute Gasteiger partial charge is 0.399 e. The zero-order valence-corrected chi connectivity index (χ0v) is 11.3. The summed E-state index contributed by atoms with van der Waals surface area (Å²) in [6.07, 6.45) is 1.08. The number of fused-ring (bicyclic) bond motifs is 1. The summed E-state index contributed by atoms with van der Waals surface area (Å²) in [6, 6.07) is 7.98. The van der Waals surface area contributed by atoms with E-state index in [2.05, 4.69) is 24.0 Å². The Balaban J connectivity index is 1.91. The summed E-state index contributed by atoms with van der Waals surface area (Å²) in [4.78, 5) is 8.66.